The predicted molar refractivity (Wildman–Crippen MR) is 126 cm³/mol. The van der Waals surface area contributed by atoms with E-state index < -0.39 is 29.3 Å². The Balaban J connectivity index is 2.17. The van der Waals surface area contributed by atoms with Crippen LogP contribution in [0.2, 0.25) is 0 Å². The van der Waals surface area contributed by atoms with Crippen LogP contribution in [-0.2, 0) is 30.0 Å². The van der Waals surface area contributed by atoms with E-state index in [1.807, 2.05) is 0 Å². The van der Waals surface area contributed by atoms with Gasteiger partial charge >= 0.3 is 12.4 Å². The first-order valence-corrected chi connectivity index (χ1v) is 12.2. The molecule has 2 rings (SSSR count). The van der Waals surface area contributed by atoms with Crippen molar-refractivity contribution in [1.29, 1.82) is 0 Å². The Labute approximate surface area is 206 Å². The van der Waals surface area contributed by atoms with Crippen LogP contribution in [0.4, 0.5) is 26.3 Å². The van der Waals surface area contributed by atoms with Crippen LogP contribution in [0.3, 0.4) is 0 Å². The van der Waals surface area contributed by atoms with Crippen LogP contribution in [0, 0.1) is 0 Å². The van der Waals surface area contributed by atoms with Gasteiger partial charge in [0.15, 0.2) is 5.96 Å². The van der Waals surface area contributed by atoms with E-state index in [1.165, 1.54) is 24.3 Å². The van der Waals surface area contributed by atoms with Crippen molar-refractivity contribution in [2.45, 2.75) is 35.0 Å². The zero-order valence-electron chi connectivity index (χ0n) is 18.4. The first-order valence-electron chi connectivity index (χ1n) is 10.2. The van der Waals surface area contributed by atoms with Gasteiger partial charge in [-0.1, -0.05) is 12.1 Å². The smallest absolute Gasteiger partial charge is 0.370 e. The molecule has 0 radical (unpaired) electrons. The SMILES string of the molecule is NCCSc1ccc(CC(=O)Cc2ccc(SCCN=C(N)N)c(C(F)(F)F)c2)cc1C(F)(F)F. The summed E-state index contributed by atoms with van der Waals surface area (Å²) in [5.41, 5.74) is 14.2. The number of thioether (sulfide) groups is 2. The lowest BCUT2D eigenvalue weighted by atomic mass is 10.00. The molecule has 6 N–H and O–H groups in total. The number of benzene rings is 2. The largest absolute Gasteiger partial charge is 0.417 e. The number of guanidine groups is 1. The average molecular weight is 539 g/mol. The number of ketones is 1. The summed E-state index contributed by atoms with van der Waals surface area (Å²) in [4.78, 5) is 16.2. The van der Waals surface area contributed by atoms with E-state index in [0.717, 1.165) is 35.7 Å². The number of carbonyl (C=O) groups excluding carboxylic acids is 1. The Hall–Kier alpha value is -2.38. The van der Waals surface area contributed by atoms with Gasteiger partial charge in [-0.3, -0.25) is 9.79 Å². The highest BCUT2D eigenvalue weighted by Crippen LogP contribution is 2.38. The number of hydrogen-bond donors (Lipinski definition) is 3. The molecule has 5 nitrogen and oxygen atoms in total. The summed E-state index contributed by atoms with van der Waals surface area (Å²) < 4.78 is 80.9. The number of nitrogens with zero attached hydrogens (tertiary/aromatic N) is 1. The summed E-state index contributed by atoms with van der Waals surface area (Å²) in [5, 5.41) is 0. The highest BCUT2D eigenvalue weighted by atomic mass is 32.2. The number of nitrogens with two attached hydrogens (primary N) is 3. The van der Waals surface area contributed by atoms with Crippen molar-refractivity contribution < 1.29 is 31.1 Å². The molecule has 0 fully saturated rings. The molecular formula is C22H24F6N4OS2. The molecule has 0 saturated carbocycles. The maximum atomic E-state index is 13.6. The van der Waals surface area contributed by atoms with E-state index in [-0.39, 0.29) is 58.6 Å². The molecule has 0 aromatic heterocycles. The summed E-state index contributed by atoms with van der Waals surface area (Å²) in [7, 11) is 0. The normalized spacial score (nSPS) is 12.0. The quantitative estimate of drug-likeness (QED) is 0.128. The molecule has 2 aromatic carbocycles. The minimum Gasteiger partial charge on any atom is -0.370 e. The Morgan fingerprint density at radius 1 is 0.800 bits per heavy atom. The van der Waals surface area contributed by atoms with Gasteiger partial charge in [-0.25, -0.2) is 0 Å². The molecule has 0 aliphatic heterocycles. The van der Waals surface area contributed by atoms with E-state index in [9.17, 15) is 31.1 Å². The lowest BCUT2D eigenvalue weighted by Crippen LogP contribution is -2.23. The summed E-state index contributed by atoms with van der Waals surface area (Å²) in [6.07, 6.45) is -9.98. The van der Waals surface area contributed by atoms with E-state index >= 15 is 0 Å². The predicted octanol–water partition coefficient (Wildman–Crippen LogP) is 4.49. The number of Topliss-reactive ketones (excluding diaryl/α,β-unsaturated/α-hetero) is 1. The molecule has 0 aliphatic carbocycles. The van der Waals surface area contributed by atoms with Gasteiger partial charge in [-0.15, -0.1) is 23.5 Å². The van der Waals surface area contributed by atoms with Gasteiger partial charge in [0.1, 0.15) is 5.78 Å². The molecule has 0 bridgehead atoms. The fourth-order valence-electron chi connectivity index (χ4n) is 3.09. The Morgan fingerprint density at radius 2 is 1.26 bits per heavy atom. The summed E-state index contributed by atoms with van der Waals surface area (Å²) in [6, 6.07) is 7.12. The number of rotatable bonds is 11. The van der Waals surface area contributed by atoms with E-state index in [4.69, 9.17) is 17.2 Å². The maximum Gasteiger partial charge on any atom is 0.417 e. The molecule has 0 spiro atoms. The minimum atomic E-state index is -4.66. The zero-order valence-corrected chi connectivity index (χ0v) is 20.0. The van der Waals surface area contributed by atoms with Gasteiger partial charge in [-0.05, 0) is 35.4 Å². The van der Waals surface area contributed by atoms with Crippen molar-refractivity contribution in [3.63, 3.8) is 0 Å². The number of halogens is 6. The second-order valence-corrected chi connectivity index (χ2v) is 9.61. The zero-order chi connectivity index (χ0) is 26.2. The Kier molecular flexibility index (Phi) is 10.3. The van der Waals surface area contributed by atoms with Gasteiger partial charge in [0.2, 0.25) is 0 Å². The van der Waals surface area contributed by atoms with Crippen LogP contribution >= 0.6 is 23.5 Å². The number of alkyl halides is 6. The second kappa shape index (κ2) is 12.5. The lowest BCUT2D eigenvalue weighted by molar-refractivity contribution is -0.140. The van der Waals surface area contributed by atoms with Crippen LogP contribution in [0.1, 0.15) is 22.3 Å². The van der Waals surface area contributed by atoms with Crippen LogP contribution < -0.4 is 17.2 Å². The third-order valence-corrected chi connectivity index (χ3v) is 6.68. The third kappa shape index (κ3) is 9.30. The molecule has 192 valence electrons. The maximum absolute atomic E-state index is 13.6. The fourth-order valence-corrected chi connectivity index (χ4v) is 4.82. The van der Waals surface area contributed by atoms with E-state index in [1.54, 1.807) is 0 Å². The number of hydrogen-bond acceptors (Lipinski definition) is 5. The van der Waals surface area contributed by atoms with Crippen molar-refractivity contribution in [1.82, 2.24) is 0 Å². The summed E-state index contributed by atoms with van der Waals surface area (Å²) in [6.45, 7) is 0.337. The van der Waals surface area contributed by atoms with Crippen molar-refractivity contribution in [3.8, 4) is 0 Å². The van der Waals surface area contributed by atoms with Gasteiger partial charge in [0.05, 0.1) is 17.7 Å². The van der Waals surface area contributed by atoms with Crippen molar-refractivity contribution in [3.05, 3.63) is 58.7 Å². The Morgan fingerprint density at radius 3 is 1.66 bits per heavy atom. The lowest BCUT2D eigenvalue weighted by Gasteiger charge is -2.15. The van der Waals surface area contributed by atoms with Crippen LogP contribution in [-0.4, -0.2) is 36.3 Å². The Bertz CT molecular complexity index is 1050. The third-order valence-electron chi connectivity index (χ3n) is 4.52. The number of aliphatic imine (C=N–C) groups is 1. The van der Waals surface area contributed by atoms with Crippen LogP contribution in [0.25, 0.3) is 0 Å². The first-order chi connectivity index (χ1) is 16.3. The topological polar surface area (TPSA) is 107 Å². The van der Waals surface area contributed by atoms with Gasteiger partial charge in [0, 0.05) is 40.7 Å². The monoisotopic (exact) mass is 538 g/mol. The molecule has 13 heteroatoms. The van der Waals surface area contributed by atoms with Crippen LogP contribution in [0.5, 0.6) is 0 Å². The molecule has 0 amide bonds. The highest BCUT2D eigenvalue weighted by molar-refractivity contribution is 7.99. The highest BCUT2D eigenvalue weighted by Gasteiger charge is 2.35. The summed E-state index contributed by atoms with van der Waals surface area (Å²) >= 11 is 1.88. The molecule has 0 saturated heterocycles. The standard InChI is InChI=1S/C22H24F6N4OS2/c23-21(24,25)16-11-13(1-3-18(16)34-7-5-29)9-15(33)10-14-2-4-19(17(12-14)22(26,27)28)35-8-6-32-20(30)31/h1-4,11-12H,5-10,29H2,(H4,30,31,32). The average Bonchev–Trinajstić information content (AvgIpc) is 2.75. The molecule has 35 heavy (non-hydrogen) atoms. The molecule has 0 unspecified atom stereocenters. The van der Waals surface area contributed by atoms with Crippen molar-refractivity contribution in [2.75, 3.05) is 24.6 Å². The van der Waals surface area contributed by atoms with Gasteiger partial charge in [0.25, 0.3) is 0 Å². The van der Waals surface area contributed by atoms with Crippen LogP contribution in [0.15, 0.2) is 51.2 Å². The van der Waals surface area contributed by atoms with Gasteiger partial charge in [-0.2, -0.15) is 26.3 Å². The van der Waals surface area contributed by atoms with Gasteiger partial charge < -0.3 is 17.2 Å². The molecule has 2 aromatic rings. The van der Waals surface area contributed by atoms with Crippen molar-refractivity contribution >= 4 is 35.3 Å². The second-order valence-electron chi connectivity index (χ2n) is 7.34. The fraction of sp³-hybridized carbons (Fsp3) is 0.364. The molecular weight excluding hydrogens is 514 g/mol. The molecule has 0 heterocycles. The molecule has 0 atom stereocenters. The minimum absolute atomic E-state index is 0.00176. The summed E-state index contributed by atoms with van der Waals surface area (Å²) in [5.74, 6) is -0.171. The first kappa shape index (κ1) is 28.9. The van der Waals surface area contributed by atoms with E-state index in [0.29, 0.717) is 5.75 Å². The number of carbonyl (C=O) groups is 1. The van der Waals surface area contributed by atoms with E-state index in [2.05, 4.69) is 4.99 Å². The molecule has 0 aliphatic rings. The van der Waals surface area contributed by atoms with Crippen molar-refractivity contribution in [2.24, 2.45) is 22.2 Å².